The van der Waals surface area contributed by atoms with E-state index in [4.69, 9.17) is 0 Å². The van der Waals surface area contributed by atoms with Crippen LogP contribution >= 0.6 is 0 Å². The van der Waals surface area contributed by atoms with Gasteiger partial charge in [0.2, 0.25) is 0 Å². The summed E-state index contributed by atoms with van der Waals surface area (Å²) in [5.41, 5.74) is 0.925. The van der Waals surface area contributed by atoms with Crippen molar-refractivity contribution in [3.8, 4) is 0 Å². The summed E-state index contributed by atoms with van der Waals surface area (Å²) in [6.07, 6.45) is 2.22. The van der Waals surface area contributed by atoms with Crippen LogP contribution in [-0.2, 0) is 9.84 Å². The van der Waals surface area contributed by atoms with Crippen LogP contribution in [0.4, 0.5) is 0 Å². The molecule has 0 bridgehead atoms. The Balaban J connectivity index is 2.36. The molecule has 0 radical (unpaired) electrons. The van der Waals surface area contributed by atoms with Crippen molar-refractivity contribution in [2.75, 3.05) is 13.1 Å². The van der Waals surface area contributed by atoms with E-state index in [0.29, 0.717) is 13.0 Å². The zero-order valence-corrected chi connectivity index (χ0v) is 9.42. The number of nitrogens with zero attached hydrogens (tertiary/aromatic N) is 1. The molecule has 1 N–H and O–H groups in total. The van der Waals surface area contributed by atoms with Gasteiger partial charge in [0.1, 0.15) is 0 Å². The highest BCUT2D eigenvalue weighted by atomic mass is 32.2. The van der Waals surface area contributed by atoms with Gasteiger partial charge >= 0.3 is 0 Å². The molecule has 1 aliphatic rings. The smallest absolute Gasteiger partial charge is 0.199 e. The van der Waals surface area contributed by atoms with Crippen molar-refractivity contribution in [1.29, 1.82) is 0 Å². The Bertz CT molecular complexity index is 450. The van der Waals surface area contributed by atoms with E-state index in [9.17, 15) is 8.42 Å². The maximum absolute atomic E-state index is 12.1. The molecule has 82 valence electrons. The summed E-state index contributed by atoms with van der Waals surface area (Å²) in [7, 11) is -3.23. The molecule has 0 aromatic carbocycles. The van der Waals surface area contributed by atoms with Gasteiger partial charge in [-0.15, -0.1) is 0 Å². The number of nitrogens with one attached hydrogen (secondary N) is 1. The summed E-state index contributed by atoms with van der Waals surface area (Å²) >= 11 is 0. The number of pyridine rings is 1. The molecule has 1 aliphatic heterocycles. The first-order valence-corrected chi connectivity index (χ1v) is 6.52. The second kappa shape index (κ2) is 3.90. The predicted octanol–water partition coefficient (Wildman–Crippen LogP) is 0.526. The van der Waals surface area contributed by atoms with Crippen LogP contribution < -0.4 is 5.32 Å². The Morgan fingerprint density at radius 1 is 1.53 bits per heavy atom. The highest BCUT2D eigenvalue weighted by Crippen LogP contribution is 2.18. The molecule has 1 fully saturated rings. The maximum atomic E-state index is 12.1. The van der Waals surface area contributed by atoms with Gasteiger partial charge in [0.25, 0.3) is 0 Å². The van der Waals surface area contributed by atoms with Gasteiger partial charge in [-0.25, -0.2) is 13.4 Å². The Hall–Kier alpha value is -0.940. The van der Waals surface area contributed by atoms with Crippen LogP contribution in [0.1, 0.15) is 12.0 Å². The van der Waals surface area contributed by atoms with Gasteiger partial charge in [0.15, 0.2) is 14.9 Å². The van der Waals surface area contributed by atoms with Crippen LogP contribution in [0.15, 0.2) is 23.4 Å². The van der Waals surface area contributed by atoms with Crippen molar-refractivity contribution < 1.29 is 8.42 Å². The molecule has 5 heteroatoms. The van der Waals surface area contributed by atoms with Crippen molar-refractivity contribution in [1.82, 2.24) is 10.3 Å². The molecule has 15 heavy (non-hydrogen) atoms. The van der Waals surface area contributed by atoms with Gasteiger partial charge in [0.05, 0.1) is 5.25 Å². The van der Waals surface area contributed by atoms with Crippen LogP contribution in [-0.4, -0.2) is 31.7 Å². The van der Waals surface area contributed by atoms with Crippen LogP contribution in [0.3, 0.4) is 0 Å². The minimum Gasteiger partial charge on any atom is -0.315 e. The van der Waals surface area contributed by atoms with Gasteiger partial charge in [0, 0.05) is 12.7 Å². The van der Waals surface area contributed by atoms with E-state index in [0.717, 1.165) is 12.1 Å². The molecule has 0 spiro atoms. The second-order valence-electron chi connectivity index (χ2n) is 3.83. The molecule has 0 amide bonds. The number of hydrogen-bond donors (Lipinski definition) is 1. The lowest BCUT2D eigenvalue weighted by Crippen LogP contribution is -2.24. The summed E-state index contributed by atoms with van der Waals surface area (Å²) < 4.78 is 24.2. The van der Waals surface area contributed by atoms with Gasteiger partial charge < -0.3 is 5.32 Å². The van der Waals surface area contributed by atoms with Gasteiger partial charge in [-0.3, -0.25) is 0 Å². The Morgan fingerprint density at radius 3 is 2.93 bits per heavy atom. The fourth-order valence-electron chi connectivity index (χ4n) is 1.73. The van der Waals surface area contributed by atoms with E-state index < -0.39 is 9.84 Å². The maximum Gasteiger partial charge on any atom is 0.199 e. The number of hydrogen-bond acceptors (Lipinski definition) is 4. The number of aryl methyl sites for hydroxylation is 1. The normalized spacial score (nSPS) is 21.8. The molecule has 0 unspecified atom stereocenters. The van der Waals surface area contributed by atoms with Crippen LogP contribution in [0, 0.1) is 6.92 Å². The Morgan fingerprint density at radius 2 is 2.33 bits per heavy atom. The van der Waals surface area contributed by atoms with E-state index in [1.807, 2.05) is 6.92 Å². The fraction of sp³-hybridized carbons (Fsp3) is 0.500. The van der Waals surface area contributed by atoms with Crippen molar-refractivity contribution in [2.24, 2.45) is 0 Å². The van der Waals surface area contributed by atoms with E-state index in [1.165, 1.54) is 0 Å². The molecule has 1 aromatic heterocycles. The molecule has 1 saturated heterocycles. The lowest BCUT2D eigenvalue weighted by Gasteiger charge is -2.09. The molecule has 0 saturated carbocycles. The van der Waals surface area contributed by atoms with Crippen LogP contribution in [0.5, 0.6) is 0 Å². The summed E-state index contributed by atoms with van der Waals surface area (Å²) in [5, 5.41) is 2.95. The van der Waals surface area contributed by atoms with E-state index in [-0.39, 0.29) is 10.3 Å². The molecular weight excluding hydrogens is 212 g/mol. The lowest BCUT2D eigenvalue weighted by atomic mass is 10.3. The number of rotatable bonds is 2. The first-order valence-electron chi connectivity index (χ1n) is 4.98. The van der Waals surface area contributed by atoms with E-state index in [1.54, 1.807) is 18.3 Å². The topological polar surface area (TPSA) is 59.1 Å². The summed E-state index contributed by atoms with van der Waals surface area (Å²) in [5.74, 6) is 0. The summed E-state index contributed by atoms with van der Waals surface area (Å²) in [6.45, 7) is 3.18. The molecule has 1 aromatic rings. The largest absolute Gasteiger partial charge is 0.315 e. The number of sulfone groups is 1. The van der Waals surface area contributed by atoms with Gasteiger partial charge in [-0.1, -0.05) is 0 Å². The molecular formula is C10H14N2O2S. The van der Waals surface area contributed by atoms with Crippen molar-refractivity contribution in [3.63, 3.8) is 0 Å². The third kappa shape index (κ3) is 2.03. The van der Waals surface area contributed by atoms with Crippen molar-refractivity contribution in [3.05, 3.63) is 23.9 Å². The van der Waals surface area contributed by atoms with Gasteiger partial charge in [-0.05, 0) is 37.6 Å². The Labute approximate surface area is 89.6 Å². The fourth-order valence-corrected chi connectivity index (χ4v) is 3.39. The summed E-state index contributed by atoms with van der Waals surface area (Å²) in [6, 6.07) is 3.43. The quantitative estimate of drug-likeness (QED) is 0.799. The summed E-state index contributed by atoms with van der Waals surface area (Å²) in [4.78, 5) is 3.94. The third-order valence-corrected chi connectivity index (χ3v) is 4.72. The first-order chi connectivity index (χ1) is 7.10. The zero-order valence-electron chi connectivity index (χ0n) is 8.60. The molecule has 2 rings (SSSR count). The standard InChI is InChI=1S/C10H14N2O2S/c1-8-2-5-12-10(6-8)15(13,14)9-3-4-11-7-9/h2,5-6,9,11H,3-4,7H2,1H3/t9-/m1/s1. The van der Waals surface area contributed by atoms with Crippen LogP contribution in [0.2, 0.25) is 0 Å². The number of aromatic nitrogens is 1. The second-order valence-corrected chi connectivity index (χ2v) is 6.01. The third-order valence-electron chi connectivity index (χ3n) is 2.64. The molecule has 0 aliphatic carbocycles. The molecule has 4 nitrogen and oxygen atoms in total. The molecule has 1 atom stereocenters. The highest BCUT2D eigenvalue weighted by Gasteiger charge is 2.31. The minimum atomic E-state index is -3.23. The highest BCUT2D eigenvalue weighted by molar-refractivity contribution is 7.92. The predicted molar refractivity (Wildman–Crippen MR) is 57.4 cm³/mol. The minimum absolute atomic E-state index is 0.205. The monoisotopic (exact) mass is 226 g/mol. The SMILES string of the molecule is Cc1ccnc(S(=O)(=O)[C@@H]2CCNC2)c1. The first kappa shape index (κ1) is 10.6. The van der Waals surface area contributed by atoms with Crippen LogP contribution in [0.25, 0.3) is 0 Å². The van der Waals surface area contributed by atoms with Crippen molar-refractivity contribution in [2.45, 2.75) is 23.6 Å². The van der Waals surface area contributed by atoms with E-state index in [2.05, 4.69) is 10.3 Å². The van der Waals surface area contributed by atoms with E-state index >= 15 is 0 Å². The van der Waals surface area contributed by atoms with Crippen molar-refractivity contribution >= 4 is 9.84 Å². The lowest BCUT2D eigenvalue weighted by molar-refractivity contribution is 0.579. The average molecular weight is 226 g/mol. The van der Waals surface area contributed by atoms with Gasteiger partial charge in [-0.2, -0.15) is 0 Å². The molecule has 2 heterocycles. The Kier molecular flexibility index (Phi) is 2.75. The zero-order chi connectivity index (χ0) is 10.9. The average Bonchev–Trinajstić information content (AvgIpc) is 2.71.